The Morgan fingerprint density at radius 1 is 0.952 bits per heavy atom. The van der Waals surface area contributed by atoms with Gasteiger partial charge in [0.25, 0.3) is 10.1 Å². The first-order chi connectivity index (χ1) is 8.76. The zero-order valence-electron chi connectivity index (χ0n) is 11.9. The average molecular weight is 336 g/mol. The topological polar surface area (TPSA) is 176 Å². The molecule has 0 bridgehead atoms. The summed E-state index contributed by atoms with van der Waals surface area (Å²) < 4.78 is 58.2. The molecule has 0 aliphatic heterocycles. The van der Waals surface area contributed by atoms with Gasteiger partial charge < -0.3 is 31.6 Å². The third-order valence-electron chi connectivity index (χ3n) is 0.580. The van der Waals surface area contributed by atoms with Crippen LogP contribution in [0.3, 0.4) is 0 Å². The Bertz CT molecular complexity index is 277. The Hall–Kier alpha value is -0.00779. The van der Waals surface area contributed by atoms with E-state index in [0.29, 0.717) is 6.42 Å². The Morgan fingerprint density at radius 3 is 1.19 bits per heavy atom. The van der Waals surface area contributed by atoms with Gasteiger partial charge in [0.05, 0.1) is 5.75 Å². The van der Waals surface area contributed by atoms with Crippen LogP contribution in [0.15, 0.2) is 12.7 Å². The molecule has 0 aromatic carbocycles. The molecule has 0 saturated heterocycles. The van der Waals surface area contributed by atoms with Crippen LogP contribution in [-0.4, -0.2) is 71.1 Å². The zero-order valence-corrected chi connectivity index (χ0v) is 11.7. The maximum Gasteiger partial charge on any atom is 1.00 e. The van der Waals surface area contributed by atoms with Crippen LogP contribution in [0.1, 0.15) is 7.85 Å². The first-order valence-corrected chi connectivity index (χ1v) is 5.93. The largest absolute Gasteiger partial charge is 1.00 e. The normalized spacial score (nSPS) is 8.10. The van der Waals surface area contributed by atoms with E-state index in [-0.39, 0.29) is 26.0 Å². The van der Waals surface area contributed by atoms with Crippen molar-refractivity contribution < 1.29 is 76.3 Å². The molecule has 0 unspecified atom stereocenters. The molecule has 0 aromatic rings. The number of halogens is 3. The zero-order chi connectivity index (χ0) is 17.4. The van der Waals surface area contributed by atoms with Crippen LogP contribution in [-0.2, 0) is 10.1 Å². The molecule has 7 N–H and O–H groups in total. The van der Waals surface area contributed by atoms with Crippen LogP contribution >= 0.6 is 0 Å². The monoisotopic (exact) mass is 336 g/mol. The van der Waals surface area contributed by atoms with E-state index >= 15 is 0 Å². The van der Waals surface area contributed by atoms with Gasteiger partial charge in [-0.2, -0.15) is 8.42 Å². The molecule has 0 rings (SSSR count). The van der Waals surface area contributed by atoms with E-state index in [4.69, 9.17) is 34.7 Å². The molecule has 122 valence electrons. The van der Waals surface area contributed by atoms with Crippen LogP contribution in [0.4, 0.5) is 12.9 Å². The predicted octanol–water partition coefficient (Wildman–Crippen LogP) is -5.66. The minimum atomic E-state index is -3.76. The van der Waals surface area contributed by atoms with E-state index in [0.717, 1.165) is 0 Å². The third kappa shape index (κ3) is 260. The summed E-state index contributed by atoms with van der Waals surface area (Å²) in [4.78, 5) is 0. The smallest absolute Gasteiger partial charge is 1.00 e. The summed E-state index contributed by atoms with van der Waals surface area (Å²) in [6.45, 7) is 3.29. The maximum atomic E-state index is 10.1. The van der Waals surface area contributed by atoms with Gasteiger partial charge in [-0.3, -0.25) is 17.5 Å². The SMILES string of the molecule is C=CCCS(=O)(=O)O.OB(O)F.OB(O)F.OB(O)F.[H-].[Li+]. The van der Waals surface area contributed by atoms with Crippen LogP contribution in [0.5, 0.6) is 0 Å². The van der Waals surface area contributed by atoms with Crippen molar-refractivity contribution in [2.45, 2.75) is 6.42 Å². The van der Waals surface area contributed by atoms with Crippen molar-refractivity contribution in [1.29, 1.82) is 0 Å². The van der Waals surface area contributed by atoms with Crippen molar-refractivity contribution in [3.63, 3.8) is 0 Å². The molecule has 0 aliphatic rings. The molecule has 17 heteroatoms. The predicted molar refractivity (Wildman–Crippen MR) is 66.2 cm³/mol. The van der Waals surface area contributed by atoms with Crippen molar-refractivity contribution in [2.75, 3.05) is 5.75 Å². The Kier molecular flexibility index (Phi) is 34.8. The molecule has 0 atom stereocenters. The van der Waals surface area contributed by atoms with Crippen molar-refractivity contribution >= 4 is 32.3 Å². The van der Waals surface area contributed by atoms with Gasteiger partial charge in [0.15, 0.2) is 0 Å². The van der Waals surface area contributed by atoms with Crippen molar-refractivity contribution in [3.05, 3.63) is 12.7 Å². The molecule has 0 spiro atoms. The van der Waals surface area contributed by atoms with E-state index in [9.17, 15) is 21.4 Å². The molecule has 0 saturated carbocycles. The number of hydrogen-bond donors (Lipinski definition) is 7. The van der Waals surface area contributed by atoms with Gasteiger partial charge in [-0.15, -0.1) is 6.58 Å². The second-order valence-corrected chi connectivity index (χ2v) is 3.87. The second-order valence-electron chi connectivity index (χ2n) is 2.30. The van der Waals surface area contributed by atoms with E-state index in [1.165, 1.54) is 6.08 Å². The summed E-state index contributed by atoms with van der Waals surface area (Å²) in [7, 11) is -11.8. The minimum absolute atomic E-state index is 0. The van der Waals surface area contributed by atoms with Crippen LogP contribution in [0.25, 0.3) is 0 Å². The van der Waals surface area contributed by atoms with E-state index < -0.39 is 32.3 Å². The van der Waals surface area contributed by atoms with Crippen LogP contribution < -0.4 is 18.9 Å². The van der Waals surface area contributed by atoms with Crippen molar-refractivity contribution in [1.82, 2.24) is 0 Å². The number of hydrogen-bond acceptors (Lipinski definition) is 8. The molecule has 0 aliphatic carbocycles. The van der Waals surface area contributed by atoms with Gasteiger partial charge >= 0.3 is 41.0 Å². The summed E-state index contributed by atoms with van der Waals surface area (Å²) in [6.07, 6.45) is 1.74. The van der Waals surface area contributed by atoms with Gasteiger partial charge in [-0.25, -0.2) is 0 Å². The molecular weight excluding hydrogens is 320 g/mol. The molecule has 9 nitrogen and oxygen atoms in total. The van der Waals surface area contributed by atoms with Gasteiger partial charge in [-0.05, 0) is 6.42 Å². The van der Waals surface area contributed by atoms with E-state index in [2.05, 4.69) is 6.58 Å². The molecule has 21 heavy (non-hydrogen) atoms. The van der Waals surface area contributed by atoms with Crippen LogP contribution in [0, 0.1) is 0 Å². The minimum Gasteiger partial charge on any atom is -1.00 e. The maximum absolute atomic E-state index is 10.1. The van der Waals surface area contributed by atoms with Gasteiger partial charge in [0, 0.05) is 0 Å². The van der Waals surface area contributed by atoms with Crippen molar-refractivity contribution in [2.24, 2.45) is 0 Å². The molecule has 0 fully saturated rings. The Balaban J connectivity index is -0.0000000400. The van der Waals surface area contributed by atoms with E-state index in [1.54, 1.807) is 0 Å². The summed E-state index contributed by atoms with van der Waals surface area (Å²) >= 11 is 0. The quantitative estimate of drug-likeness (QED) is 0.150. The van der Waals surface area contributed by atoms with E-state index in [1.807, 2.05) is 0 Å². The standard InChI is InChI=1S/C4H8O3S.3BFH2O2.Li.H/c1-2-3-4-8(5,6)7;3*2-1(3)4;;/h2H,1,3-4H2,(H,5,6,7);3*3-4H;;/q;;;;+1;-1. The number of rotatable bonds is 3. The fourth-order valence-electron chi connectivity index (χ4n) is 0.232. The first-order valence-electron chi connectivity index (χ1n) is 4.32. The summed E-state index contributed by atoms with van der Waals surface area (Å²) in [6, 6.07) is 0. The Morgan fingerprint density at radius 2 is 1.14 bits per heavy atom. The summed E-state index contributed by atoms with van der Waals surface area (Å²) in [5, 5.41) is 41.7. The summed E-state index contributed by atoms with van der Waals surface area (Å²) in [5.74, 6) is -0.226. The molecule has 0 amide bonds. The third-order valence-corrected chi connectivity index (χ3v) is 1.33. The van der Waals surface area contributed by atoms with Crippen molar-refractivity contribution in [3.8, 4) is 0 Å². The second kappa shape index (κ2) is 22.3. The van der Waals surface area contributed by atoms with Gasteiger partial charge in [0.1, 0.15) is 0 Å². The number of allylic oxidation sites excluding steroid dienone is 1. The molecular formula is C4H15B3F3LiO9S. The van der Waals surface area contributed by atoms with Gasteiger partial charge in [0.2, 0.25) is 0 Å². The fraction of sp³-hybridized carbons (Fsp3) is 0.500. The molecule has 0 heterocycles. The molecule has 0 aromatic heterocycles. The first kappa shape index (κ1) is 32.8. The molecule has 0 radical (unpaired) electrons. The summed E-state index contributed by atoms with van der Waals surface area (Å²) in [5.41, 5.74) is 0. The van der Waals surface area contributed by atoms with Gasteiger partial charge in [-0.1, -0.05) is 6.08 Å². The Labute approximate surface area is 134 Å². The fourth-order valence-corrected chi connectivity index (χ4v) is 0.697. The van der Waals surface area contributed by atoms with Crippen LogP contribution in [0.2, 0.25) is 0 Å². The average Bonchev–Trinajstić information content (AvgIpc) is 2.10.